The molecule has 1 atom stereocenters. The van der Waals surface area contributed by atoms with Gasteiger partial charge in [0.15, 0.2) is 0 Å². The van der Waals surface area contributed by atoms with E-state index in [1.54, 1.807) is 14.0 Å². The number of urea groups is 1. The molecule has 1 fully saturated rings. The first-order chi connectivity index (χ1) is 9.13. The summed E-state index contributed by atoms with van der Waals surface area (Å²) in [6, 6.07) is -0.556. The van der Waals surface area contributed by atoms with Crippen molar-refractivity contribution >= 4 is 11.9 Å². The van der Waals surface area contributed by atoms with Crippen LogP contribution in [0.25, 0.3) is 0 Å². The highest BCUT2D eigenvalue weighted by Crippen LogP contribution is 2.17. The van der Waals surface area contributed by atoms with E-state index in [1.165, 1.54) is 6.42 Å². The fourth-order valence-corrected chi connectivity index (χ4v) is 2.17. The Morgan fingerprint density at radius 3 is 2.58 bits per heavy atom. The van der Waals surface area contributed by atoms with Crippen LogP contribution in [0.4, 0.5) is 4.79 Å². The Morgan fingerprint density at radius 1 is 1.26 bits per heavy atom. The summed E-state index contributed by atoms with van der Waals surface area (Å²) in [6.45, 7) is 2.58. The molecule has 0 aliphatic heterocycles. The average molecular weight is 271 g/mol. The fourth-order valence-electron chi connectivity index (χ4n) is 2.17. The second kappa shape index (κ2) is 8.74. The van der Waals surface area contributed by atoms with Crippen LogP contribution in [0.2, 0.25) is 0 Å². The van der Waals surface area contributed by atoms with Crippen LogP contribution in [0.5, 0.6) is 0 Å². The molecule has 1 aliphatic rings. The van der Waals surface area contributed by atoms with Crippen LogP contribution >= 0.6 is 0 Å². The summed E-state index contributed by atoms with van der Waals surface area (Å²) in [5.74, 6) is -0.198. The highest BCUT2D eigenvalue weighted by Gasteiger charge is 2.19. The summed E-state index contributed by atoms with van der Waals surface area (Å²) in [5, 5.41) is 8.25. The van der Waals surface area contributed by atoms with Crippen LogP contribution in [-0.4, -0.2) is 44.3 Å². The zero-order valence-corrected chi connectivity index (χ0v) is 11.8. The van der Waals surface area contributed by atoms with Gasteiger partial charge >= 0.3 is 6.03 Å². The van der Waals surface area contributed by atoms with Crippen LogP contribution in [0.3, 0.4) is 0 Å². The van der Waals surface area contributed by atoms with Crippen molar-refractivity contribution in [3.05, 3.63) is 0 Å². The molecule has 0 bridgehead atoms. The maximum Gasteiger partial charge on any atom is 0.315 e. The lowest BCUT2D eigenvalue weighted by atomic mass is 9.96. The SMILES string of the molecule is COCCNC(=O)C(C)NC(=O)NC1CCCCC1. The molecular formula is C13H25N3O3. The number of carbonyl (C=O) groups excluding carboxylic acids is 2. The molecule has 1 rings (SSSR count). The number of hydrogen-bond acceptors (Lipinski definition) is 3. The third-order valence-corrected chi connectivity index (χ3v) is 3.29. The Labute approximate surface area is 114 Å². The zero-order chi connectivity index (χ0) is 14.1. The van der Waals surface area contributed by atoms with E-state index in [0.29, 0.717) is 13.2 Å². The minimum Gasteiger partial charge on any atom is -0.383 e. The van der Waals surface area contributed by atoms with Crippen molar-refractivity contribution in [1.82, 2.24) is 16.0 Å². The lowest BCUT2D eigenvalue weighted by Crippen LogP contribution is -2.51. The topological polar surface area (TPSA) is 79.5 Å². The molecule has 0 radical (unpaired) electrons. The van der Waals surface area contributed by atoms with E-state index in [1.807, 2.05) is 0 Å². The van der Waals surface area contributed by atoms with Gasteiger partial charge in [0.2, 0.25) is 5.91 Å². The number of carbonyl (C=O) groups is 2. The van der Waals surface area contributed by atoms with Gasteiger partial charge in [0.05, 0.1) is 6.61 Å². The summed E-state index contributed by atoms with van der Waals surface area (Å²) in [7, 11) is 1.57. The maximum atomic E-state index is 11.7. The molecule has 1 aliphatic carbocycles. The first-order valence-electron chi connectivity index (χ1n) is 6.97. The van der Waals surface area contributed by atoms with Gasteiger partial charge < -0.3 is 20.7 Å². The van der Waals surface area contributed by atoms with Crippen LogP contribution in [0.1, 0.15) is 39.0 Å². The Morgan fingerprint density at radius 2 is 1.95 bits per heavy atom. The van der Waals surface area contributed by atoms with Gasteiger partial charge in [-0.2, -0.15) is 0 Å². The summed E-state index contributed by atoms with van der Waals surface area (Å²) in [6.07, 6.45) is 5.64. The third-order valence-electron chi connectivity index (χ3n) is 3.29. The monoisotopic (exact) mass is 271 g/mol. The number of rotatable bonds is 6. The molecule has 6 heteroatoms. The molecule has 0 saturated heterocycles. The van der Waals surface area contributed by atoms with Crippen LogP contribution < -0.4 is 16.0 Å². The Bertz CT molecular complexity index is 291. The minimum atomic E-state index is -0.541. The van der Waals surface area contributed by atoms with Crippen LogP contribution in [0, 0.1) is 0 Å². The Hall–Kier alpha value is -1.30. The molecule has 1 saturated carbocycles. The number of methoxy groups -OCH3 is 1. The number of hydrogen-bond donors (Lipinski definition) is 3. The van der Waals surface area contributed by atoms with E-state index in [2.05, 4.69) is 16.0 Å². The van der Waals surface area contributed by atoms with Crippen molar-refractivity contribution < 1.29 is 14.3 Å². The fraction of sp³-hybridized carbons (Fsp3) is 0.846. The van der Waals surface area contributed by atoms with E-state index in [0.717, 1.165) is 25.7 Å². The normalized spacial score (nSPS) is 17.6. The molecule has 3 amide bonds. The molecule has 0 spiro atoms. The van der Waals surface area contributed by atoms with Crippen molar-refractivity contribution in [3.63, 3.8) is 0 Å². The smallest absolute Gasteiger partial charge is 0.315 e. The second-order valence-corrected chi connectivity index (χ2v) is 4.96. The van der Waals surface area contributed by atoms with Gasteiger partial charge in [-0.05, 0) is 19.8 Å². The summed E-state index contributed by atoms with van der Waals surface area (Å²) >= 11 is 0. The van der Waals surface area contributed by atoms with Gasteiger partial charge in [0.25, 0.3) is 0 Å². The van der Waals surface area contributed by atoms with E-state index in [9.17, 15) is 9.59 Å². The highest BCUT2D eigenvalue weighted by molar-refractivity contribution is 5.86. The molecule has 0 heterocycles. The molecular weight excluding hydrogens is 246 g/mol. The minimum absolute atomic E-state index is 0.198. The molecule has 0 aromatic carbocycles. The first kappa shape index (κ1) is 15.8. The van der Waals surface area contributed by atoms with Crippen molar-refractivity contribution in [2.24, 2.45) is 0 Å². The second-order valence-electron chi connectivity index (χ2n) is 4.96. The van der Waals surface area contributed by atoms with Crippen molar-refractivity contribution in [2.75, 3.05) is 20.3 Å². The van der Waals surface area contributed by atoms with Crippen molar-refractivity contribution in [3.8, 4) is 0 Å². The number of ether oxygens (including phenoxy) is 1. The summed E-state index contributed by atoms with van der Waals surface area (Å²) < 4.78 is 4.84. The van der Waals surface area contributed by atoms with E-state index >= 15 is 0 Å². The molecule has 1 unspecified atom stereocenters. The quantitative estimate of drug-likeness (QED) is 0.624. The molecule has 0 aromatic heterocycles. The van der Waals surface area contributed by atoms with Gasteiger partial charge in [0, 0.05) is 19.7 Å². The first-order valence-corrected chi connectivity index (χ1v) is 6.97. The lowest BCUT2D eigenvalue weighted by molar-refractivity contribution is -0.122. The van der Waals surface area contributed by atoms with Gasteiger partial charge in [-0.15, -0.1) is 0 Å². The predicted molar refractivity (Wildman–Crippen MR) is 72.9 cm³/mol. The maximum absolute atomic E-state index is 11.7. The van der Waals surface area contributed by atoms with Gasteiger partial charge in [0.1, 0.15) is 6.04 Å². The highest BCUT2D eigenvalue weighted by atomic mass is 16.5. The summed E-state index contributed by atoms with van der Waals surface area (Å²) in [4.78, 5) is 23.4. The largest absolute Gasteiger partial charge is 0.383 e. The molecule has 3 N–H and O–H groups in total. The third kappa shape index (κ3) is 6.42. The van der Waals surface area contributed by atoms with Crippen LogP contribution in [-0.2, 0) is 9.53 Å². The van der Waals surface area contributed by atoms with Crippen LogP contribution in [0.15, 0.2) is 0 Å². The summed E-state index contributed by atoms with van der Waals surface area (Å²) in [5.41, 5.74) is 0. The van der Waals surface area contributed by atoms with Gasteiger partial charge in [-0.25, -0.2) is 4.79 Å². The molecule has 0 aromatic rings. The Kier molecular flexibility index (Phi) is 7.25. The van der Waals surface area contributed by atoms with Gasteiger partial charge in [-0.1, -0.05) is 19.3 Å². The van der Waals surface area contributed by atoms with Crippen molar-refractivity contribution in [2.45, 2.75) is 51.1 Å². The average Bonchev–Trinajstić information content (AvgIpc) is 2.39. The Balaban J connectivity index is 2.20. The number of nitrogens with one attached hydrogen (secondary N) is 3. The van der Waals surface area contributed by atoms with Crippen molar-refractivity contribution in [1.29, 1.82) is 0 Å². The van der Waals surface area contributed by atoms with E-state index < -0.39 is 6.04 Å². The molecule has 19 heavy (non-hydrogen) atoms. The van der Waals surface area contributed by atoms with E-state index in [-0.39, 0.29) is 18.0 Å². The standard InChI is InChI=1S/C13H25N3O3/c1-10(12(17)14-8-9-19-2)15-13(18)16-11-6-4-3-5-7-11/h10-11H,3-9H2,1-2H3,(H,14,17)(H2,15,16,18). The zero-order valence-electron chi connectivity index (χ0n) is 11.8. The predicted octanol–water partition coefficient (Wildman–Crippen LogP) is 0.769. The lowest BCUT2D eigenvalue weighted by Gasteiger charge is -2.24. The van der Waals surface area contributed by atoms with Gasteiger partial charge in [-0.3, -0.25) is 4.79 Å². The van der Waals surface area contributed by atoms with E-state index in [4.69, 9.17) is 4.74 Å². The molecule has 6 nitrogen and oxygen atoms in total. The molecule has 110 valence electrons. The number of amides is 3.